The molecule has 1 aromatic heterocycles. The molecule has 0 unspecified atom stereocenters. The Morgan fingerprint density at radius 3 is 2.50 bits per heavy atom. The van der Waals surface area contributed by atoms with Crippen LogP contribution in [0.5, 0.6) is 0 Å². The Kier molecular flexibility index (Phi) is 3.86. The molecule has 0 aliphatic heterocycles. The van der Waals surface area contributed by atoms with Gasteiger partial charge in [-0.3, -0.25) is 0 Å². The molecular formula is C14H19F2NO3. The van der Waals surface area contributed by atoms with Crippen molar-refractivity contribution >= 4 is 5.97 Å². The van der Waals surface area contributed by atoms with Crippen LogP contribution in [0.3, 0.4) is 0 Å². The van der Waals surface area contributed by atoms with Crippen LogP contribution in [0.1, 0.15) is 47.6 Å². The van der Waals surface area contributed by atoms with Crippen molar-refractivity contribution in [1.29, 1.82) is 0 Å². The minimum atomic E-state index is -2.63. The highest BCUT2D eigenvalue weighted by molar-refractivity contribution is 5.90. The third-order valence-electron chi connectivity index (χ3n) is 4.18. The fourth-order valence-corrected chi connectivity index (χ4v) is 2.70. The monoisotopic (exact) mass is 287 g/mol. The van der Waals surface area contributed by atoms with E-state index in [2.05, 4.69) is 4.74 Å². The number of methoxy groups -OCH3 is 1. The van der Waals surface area contributed by atoms with E-state index in [1.54, 1.807) is 13.0 Å². The van der Waals surface area contributed by atoms with Crippen LogP contribution in [0, 0.1) is 6.92 Å². The van der Waals surface area contributed by atoms with Crippen molar-refractivity contribution in [3.8, 4) is 0 Å². The number of carbonyl (C=O) groups is 1. The minimum Gasteiger partial charge on any atom is -0.465 e. The van der Waals surface area contributed by atoms with E-state index in [1.165, 1.54) is 7.11 Å². The quantitative estimate of drug-likeness (QED) is 0.868. The highest BCUT2D eigenvalue weighted by Gasteiger charge is 2.45. The fraction of sp³-hybridized carbons (Fsp3) is 0.643. The molecule has 0 spiro atoms. The Bertz CT molecular complexity index is 501. The molecule has 1 fully saturated rings. The third-order valence-corrected chi connectivity index (χ3v) is 4.18. The summed E-state index contributed by atoms with van der Waals surface area (Å²) in [5, 5.41) is 0. The summed E-state index contributed by atoms with van der Waals surface area (Å²) >= 11 is 0. The molecule has 0 aromatic carbocycles. The number of halogens is 2. The SMILES string of the molecule is COC(=O)c1cc(C2(CN)CCC(F)(F)CC2)oc1C. The second-order valence-electron chi connectivity index (χ2n) is 5.41. The number of rotatable bonds is 3. The maximum Gasteiger partial charge on any atom is 0.341 e. The standard InChI is InChI=1S/C14H19F2NO3/c1-9-10(12(18)19-2)7-11(20-9)13(8-17)3-5-14(15,16)6-4-13/h7H,3-6,8,17H2,1-2H3. The lowest BCUT2D eigenvalue weighted by Gasteiger charge is -2.37. The van der Waals surface area contributed by atoms with Crippen molar-refractivity contribution in [1.82, 2.24) is 0 Å². The van der Waals surface area contributed by atoms with Crippen LogP contribution < -0.4 is 5.73 Å². The zero-order valence-corrected chi connectivity index (χ0v) is 11.7. The average Bonchev–Trinajstić information content (AvgIpc) is 2.81. The van der Waals surface area contributed by atoms with Gasteiger partial charge in [0.2, 0.25) is 5.92 Å². The van der Waals surface area contributed by atoms with Crippen molar-refractivity contribution in [2.24, 2.45) is 5.73 Å². The molecule has 0 saturated heterocycles. The van der Waals surface area contributed by atoms with Crippen molar-refractivity contribution in [2.75, 3.05) is 13.7 Å². The lowest BCUT2D eigenvalue weighted by Crippen LogP contribution is -2.41. The lowest BCUT2D eigenvalue weighted by atomic mass is 9.71. The molecule has 0 atom stereocenters. The van der Waals surface area contributed by atoms with Crippen LogP contribution in [0.2, 0.25) is 0 Å². The topological polar surface area (TPSA) is 65.5 Å². The first-order chi connectivity index (χ1) is 9.33. The van der Waals surface area contributed by atoms with Crippen LogP contribution in [-0.4, -0.2) is 25.5 Å². The molecule has 1 saturated carbocycles. The first-order valence-electron chi connectivity index (χ1n) is 6.61. The van der Waals surface area contributed by atoms with Gasteiger partial charge in [0.25, 0.3) is 0 Å². The molecule has 0 radical (unpaired) electrons. The number of nitrogens with two attached hydrogens (primary N) is 1. The molecule has 2 rings (SSSR count). The summed E-state index contributed by atoms with van der Waals surface area (Å²) in [4.78, 5) is 11.6. The molecule has 6 heteroatoms. The fourth-order valence-electron chi connectivity index (χ4n) is 2.70. The first kappa shape index (κ1) is 15.0. The van der Waals surface area contributed by atoms with Gasteiger partial charge in [0.1, 0.15) is 17.1 Å². The van der Waals surface area contributed by atoms with Crippen LogP contribution >= 0.6 is 0 Å². The van der Waals surface area contributed by atoms with E-state index in [0.29, 0.717) is 17.1 Å². The average molecular weight is 287 g/mol. The molecule has 1 aliphatic carbocycles. The number of hydrogen-bond acceptors (Lipinski definition) is 4. The molecule has 0 amide bonds. The summed E-state index contributed by atoms with van der Waals surface area (Å²) < 4.78 is 36.9. The molecule has 1 heterocycles. The maximum atomic E-state index is 13.3. The zero-order valence-electron chi connectivity index (χ0n) is 11.7. The van der Waals surface area contributed by atoms with Crippen molar-refractivity contribution in [3.05, 3.63) is 23.2 Å². The number of alkyl halides is 2. The Morgan fingerprint density at radius 2 is 2.00 bits per heavy atom. The predicted octanol–water partition coefficient (Wildman–Crippen LogP) is 2.78. The van der Waals surface area contributed by atoms with Gasteiger partial charge in [-0.25, -0.2) is 13.6 Å². The number of esters is 1. The smallest absolute Gasteiger partial charge is 0.341 e. The molecule has 0 bridgehead atoms. The van der Waals surface area contributed by atoms with E-state index in [9.17, 15) is 13.6 Å². The molecule has 112 valence electrons. The van der Waals surface area contributed by atoms with E-state index >= 15 is 0 Å². The summed E-state index contributed by atoms with van der Waals surface area (Å²) in [5.41, 5.74) is 5.52. The summed E-state index contributed by atoms with van der Waals surface area (Å²) in [6, 6.07) is 1.58. The van der Waals surface area contributed by atoms with Gasteiger partial charge in [0, 0.05) is 24.8 Å². The lowest BCUT2D eigenvalue weighted by molar-refractivity contribution is -0.0534. The highest BCUT2D eigenvalue weighted by atomic mass is 19.3. The molecule has 1 aliphatic rings. The number of hydrogen-bond donors (Lipinski definition) is 1. The third kappa shape index (κ3) is 2.57. The van der Waals surface area contributed by atoms with Gasteiger partial charge in [-0.05, 0) is 25.8 Å². The molecule has 20 heavy (non-hydrogen) atoms. The predicted molar refractivity (Wildman–Crippen MR) is 68.9 cm³/mol. The van der Waals surface area contributed by atoms with Crippen LogP contribution in [0.15, 0.2) is 10.5 Å². The normalized spacial score (nSPS) is 20.6. The van der Waals surface area contributed by atoms with Gasteiger partial charge in [0.05, 0.1) is 7.11 Å². The second-order valence-corrected chi connectivity index (χ2v) is 5.41. The summed E-state index contributed by atoms with van der Waals surface area (Å²) in [5.74, 6) is -2.19. The molecular weight excluding hydrogens is 268 g/mol. The van der Waals surface area contributed by atoms with E-state index in [1.807, 2.05) is 0 Å². The summed E-state index contributed by atoms with van der Waals surface area (Å²) in [6.45, 7) is 1.87. The zero-order chi connectivity index (χ0) is 15.0. The van der Waals surface area contributed by atoms with Gasteiger partial charge < -0.3 is 14.9 Å². The second kappa shape index (κ2) is 5.16. The van der Waals surface area contributed by atoms with Gasteiger partial charge >= 0.3 is 5.97 Å². The van der Waals surface area contributed by atoms with Crippen LogP contribution in [0.25, 0.3) is 0 Å². The van der Waals surface area contributed by atoms with Crippen molar-refractivity contribution in [2.45, 2.75) is 43.9 Å². The van der Waals surface area contributed by atoms with Gasteiger partial charge in [-0.15, -0.1) is 0 Å². The van der Waals surface area contributed by atoms with E-state index in [-0.39, 0.29) is 32.2 Å². The Hall–Kier alpha value is -1.43. The van der Waals surface area contributed by atoms with Gasteiger partial charge in [-0.2, -0.15) is 0 Å². The maximum absolute atomic E-state index is 13.3. The molecule has 1 aromatic rings. The Morgan fingerprint density at radius 1 is 1.40 bits per heavy atom. The van der Waals surface area contributed by atoms with Gasteiger partial charge in [0.15, 0.2) is 0 Å². The first-order valence-corrected chi connectivity index (χ1v) is 6.61. The van der Waals surface area contributed by atoms with Crippen molar-refractivity contribution < 1.29 is 22.7 Å². The minimum absolute atomic E-state index is 0.211. The summed E-state index contributed by atoms with van der Waals surface area (Å²) in [7, 11) is 1.29. The Balaban J connectivity index is 2.31. The number of ether oxygens (including phenoxy) is 1. The summed E-state index contributed by atoms with van der Waals surface area (Å²) in [6.07, 6.45) is 0.0865. The number of furan rings is 1. The van der Waals surface area contributed by atoms with Crippen molar-refractivity contribution in [3.63, 3.8) is 0 Å². The Labute approximate surface area is 116 Å². The van der Waals surface area contributed by atoms with Gasteiger partial charge in [-0.1, -0.05) is 0 Å². The van der Waals surface area contributed by atoms with E-state index in [0.717, 1.165) is 0 Å². The van der Waals surface area contributed by atoms with E-state index in [4.69, 9.17) is 10.2 Å². The number of carbonyl (C=O) groups excluding carboxylic acids is 1. The van der Waals surface area contributed by atoms with E-state index < -0.39 is 17.3 Å². The van der Waals surface area contributed by atoms with Crippen LogP contribution in [0.4, 0.5) is 8.78 Å². The number of aryl methyl sites for hydroxylation is 1. The highest BCUT2D eigenvalue weighted by Crippen LogP contribution is 2.45. The largest absolute Gasteiger partial charge is 0.465 e. The molecule has 4 nitrogen and oxygen atoms in total. The van der Waals surface area contributed by atoms with Crippen LogP contribution in [-0.2, 0) is 10.2 Å². The molecule has 2 N–H and O–H groups in total.